The number of hydrogen-bond donors (Lipinski definition) is 1. The first kappa shape index (κ1) is 23.9. The molecule has 35 heavy (non-hydrogen) atoms. The number of benzene rings is 2. The molecule has 0 radical (unpaired) electrons. The Balaban J connectivity index is 2.11. The molecule has 1 fully saturated rings. The van der Waals surface area contributed by atoms with Crippen LogP contribution in [0.3, 0.4) is 0 Å². The van der Waals surface area contributed by atoms with Crippen molar-refractivity contribution in [2.45, 2.75) is 30.8 Å². The number of fused-ring (bicyclic) bond motifs is 5. The molecule has 186 valence electrons. The fourth-order valence-electron chi connectivity index (χ4n) is 5.17. The maximum Gasteiger partial charge on any atom is 0.433 e. The molecule has 1 saturated carbocycles. The van der Waals surface area contributed by atoms with Gasteiger partial charge in [-0.05, 0) is 24.6 Å². The molecule has 1 heterocycles. The SMILES string of the molecule is COC(=O)NN(C(=O)OC)C12CCCC1N(C(=O)OC)N(C(=O)OC)c1c2ccc2ccccc12. The Hall–Kier alpha value is -4.22. The predicted molar refractivity (Wildman–Crippen MR) is 122 cm³/mol. The van der Waals surface area contributed by atoms with E-state index in [0.29, 0.717) is 35.9 Å². The molecule has 2 aromatic rings. The zero-order chi connectivity index (χ0) is 25.3. The molecule has 0 spiro atoms. The molecule has 2 aliphatic rings. The van der Waals surface area contributed by atoms with Crippen LogP contribution >= 0.6 is 0 Å². The standard InChI is InChI=1S/C23H26N4O8/c1-32-19(28)24-27(22(31)35-4)23-13-7-10-17(23)25(20(29)33-2)26(21(30)34-3)18-15-9-6-5-8-14(15)11-12-16(18)23/h5-6,8-9,11-12,17H,7,10,13H2,1-4H3,(H,24,28). The van der Waals surface area contributed by atoms with Crippen molar-refractivity contribution in [3.63, 3.8) is 0 Å². The summed E-state index contributed by atoms with van der Waals surface area (Å²) in [6, 6.07) is 10.1. The third-order valence-corrected chi connectivity index (χ3v) is 6.53. The van der Waals surface area contributed by atoms with Crippen LogP contribution in [0, 0.1) is 0 Å². The van der Waals surface area contributed by atoms with Gasteiger partial charge in [-0.2, -0.15) is 5.01 Å². The van der Waals surface area contributed by atoms with Crippen molar-refractivity contribution in [3.05, 3.63) is 42.0 Å². The van der Waals surface area contributed by atoms with Gasteiger partial charge in [-0.1, -0.05) is 36.4 Å². The molecule has 1 aliphatic heterocycles. The number of methoxy groups -OCH3 is 4. The van der Waals surface area contributed by atoms with Crippen molar-refractivity contribution in [2.24, 2.45) is 0 Å². The van der Waals surface area contributed by atoms with E-state index in [4.69, 9.17) is 18.9 Å². The summed E-state index contributed by atoms with van der Waals surface area (Å²) in [4.78, 5) is 51.7. The summed E-state index contributed by atoms with van der Waals surface area (Å²) in [7, 11) is 4.74. The monoisotopic (exact) mass is 486 g/mol. The van der Waals surface area contributed by atoms with Crippen LogP contribution in [0.1, 0.15) is 24.8 Å². The van der Waals surface area contributed by atoms with Crippen LogP contribution in [-0.2, 0) is 24.5 Å². The maximum atomic E-state index is 13.2. The van der Waals surface area contributed by atoms with E-state index in [1.165, 1.54) is 21.3 Å². The highest BCUT2D eigenvalue weighted by Crippen LogP contribution is 2.55. The van der Waals surface area contributed by atoms with Crippen molar-refractivity contribution >= 4 is 40.8 Å². The van der Waals surface area contributed by atoms with Gasteiger partial charge >= 0.3 is 24.4 Å². The summed E-state index contributed by atoms with van der Waals surface area (Å²) >= 11 is 0. The number of carbonyl (C=O) groups excluding carboxylic acids is 4. The Morgan fingerprint density at radius 1 is 0.943 bits per heavy atom. The molecule has 12 heteroatoms. The lowest BCUT2D eigenvalue weighted by molar-refractivity contribution is -0.0244. The first-order valence-electron chi connectivity index (χ1n) is 10.9. The molecule has 0 bridgehead atoms. The molecule has 4 amide bonds. The topological polar surface area (TPSA) is 127 Å². The maximum absolute atomic E-state index is 13.2. The lowest BCUT2D eigenvalue weighted by Crippen LogP contribution is -2.71. The summed E-state index contributed by atoms with van der Waals surface area (Å²) in [5, 5.41) is 4.71. The van der Waals surface area contributed by atoms with Crippen LogP contribution in [0.25, 0.3) is 10.8 Å². The fraction of sp³-hybridized carbons (Fsp3) is 0.391. The van der Waals surface area contributed by atoms with E-state index in [-0.39, 0.29) is 0 Å². The summed E-state index contributed by atoms with van der Waals surface area (Å²) in [6.45, 7) is 0. The highest BCUT2D eigenvalue weighted by Gasteiger charge is 2.62. The van der Waals surface area contributed by atoms with Gasteiger partial charge in [-0.3, -0.25) is 0 Å². The lowest BCUT2D eigenvalue weighted by atomic mass is 9.79. The van der Waals surface area contributed by atoms with E-state index < -0.39 is 36.0 Å². The van der Waals surface area contributed by atoms with Gasteiger partial charge in [-0.15, -0.1) is 0 Å². The van der Waals surface area contributed by atoms with E-state index in [2.05, 4.69) is 5.43 Å². The molecule has 2 aromatic carbocycles. The van der Waals surface area contributed by atoms with E-state index >= 15 is 0 Å². The number of ether oxygens (including phenoxy) is 4. The van der Waals surface area contributed by atoms with Crippen LogP contribution < -0.4 is 10.4 Å². The summed E-state index contributed by atoms with van der Waals surface area (Å²) < 4.78 is 19.9. The molecule has 2 atom stereocenters. The van der Waals surface area contributed by atoms with Crippen molar-refractivity contribution < 1.29 is 38.1 Å². The Morgan fingerprint density at radius 3 is 2.31 bits per heavy atom. The summed E-state index contributed by atoms with van der Waals surface area (Å²) in [6.07, 6.45) is -2.17. The van der Waals surface area contributed by atoms with E-state index in [9.17, 15) is 19.2 Å². The number of hydrogen-bond acceptors (Lipinski definition) is 8. The van der Waals surface area contributed by atoms with Crippen LogP contribution in [0.5, 0.6) is 0 Å². The highest BCUT2D eigenvalue weighted by atomic mass is 16.6. The highest BCUT2D eigenvalue weighted by molar-refractivity contribution is 6.05. The van der Waals surface area contributed by atoms with E-state index in [1.807, 2.05) is 18.2 Å². The number of anilines is 1. The van der Waals surface area contributed by atoms with E-state index in [1.54, 1.807) is 18.2 Å². The average Bonchev–Trinajstić information content (AvgIpc) is 3.34. The minimum atomic E-state index is -1.32. The van der Waals surface area contributed by atoms with Gasteiger partial charge < -0.3 is 18.9 Å². The zero-order valence-corrected chi connectivity index (χ0v) is 19.8. The number of nitrogens with one attached hydrogen (secondary N) is 1. The lowest BCUT2D eigenvalue weighted by Gasteiger charge is -2.53. The molecule has 0 aromatic heterocycles. The minimum Gasteiger partial charge on any atom is -0.452 e. The molecule has 12 nitrogen and oxygen atoms in total. The second-order valence-corrected chi connectivity index (χ2v) is 8.02. The third-order valence-electron chi connectivity index (χ3n) is 6.53. The second-order valence-electron chi connectivity index (χ2n) is 8.02. The third kappa shape index (κ3) is 3.52. The molecule has 1 aliphatic carbocycles. The van der Waals surface area contributed by atoms with Crippen molar-refractivity contribution in [1.82, 2.24) is 15.4 Å². The summed E-state index contributed by atoms with van der Waals surface area (Å²) in [5.74, 6) is 0. The Kier molecular flexibility index (Phi) is 6.29. The van der Waals surface area contributed by atoms with Gasteiger partial charge in [0, 0.05) is 10.9 Å². The van der Waals surface area contributed by atoms with Crippen LogP contribution in [0.2, 0.25) is 0 Å². The smallest absolute Gasteiger partial charge is 0.433 e. The van der Waals surface area contributed by atoms with Crippen LogP contribution in [-0.4, -0.2) is 68.9 Å². The van der Waals surface area contributed by atoms with Crippen molar-refractivity contribution in [1.29, 1.82) is 0 Å². The normalized spacial score (nSPS) is 20.4. The first-order valence-corrected chi connectivity index (χ1v) is 10.9. The quantitative estimate of drug-likeness (QED) is 0.479. The van der Waals surface area contributed by atoms with Gasteiger partial charge in [0.25, 0.3) is 0 Å². The number of rotatable bonds is 1. The van der Waals surface area contributed by atoms with Crippen molar-refractivity contribution in [2.75, 3.05) is 33.4 Å². The Morgan fingerprint density at radius 2 is 1.66 bits per heavy atom. The minimum absolute atomic E-state index is 0.319. The summed E-state index contributed by atoms with van der Waals surface area (Å²) in [5.41, 5.74) is 1.98. The molecular formula is C23H26N4O8. The molecule has 0 saturated heterocycles. The van der Waals surface area contributed by atoms with Crippen LogP contribution in [0.4, 0.5) is 24.9 Å². The van der Waals surface area contributed by atoms with Gasteiger partial charge in [0.05, 0.1) is 40.2 Å². The van der Waals surface area contributed by atoms with Gasteiger partial charge in [0.1, 0.15) is 5.54 Å². The molecule has 1 N–H and O–H groups in total. The van der Waals surface area contributed by atoms with Crippen LogP contribution in [0.15, 0.2) is 36.4 Å². The number of nitrogens with zero attached hydrogens (tertiary/aromatic N) is 3. The Bertz CT molecular complexity index is 1190. The molecule has 2 unspecified atom stereocenters. The average molecular weight is 486 g/mol. The second kappa shape index (κ2) is 9.20. The Labute approximate surface area is 201 Å². The number of amides is 4. The van der Waals surface area contributed by atoms with Crippen molar-refractivity contribution in [3.8, 4) is 0 Å². The van der Waals surface area contributed by atoms with E-state index in [0.717, 1.165) is 27.5 Å². The largest absolute Gasteiger partial charge is 0.452 e. The van der Waals surface area contributed by atoms with Gasteiger partial charge in [-0.25, -0.2) is 34.6 Å². The first-order chi connectivity index (χ1) is 16.8. The fourth-order valence-corrected chi connectivity index (χ4v) is 5.17. The van der Waals surface area contributed by atoms with Gasteiger partial charge in [0.2, 0.25) is 0 Å². The zero-order valence-electron chi connectivity index (χ0n) is 19.8. The predicted octanol–water partition coefficient (Wildman–Crippen LogP) is 3.50. The molecular weight excluding hydrogens is 460 g/mol. The van der Waals surface area contributed by atoms with Gasteiger partial charge in [0.15, 0.2) is 0 Å². The molecule has 4 rings (SSSR count). The number of hydrazine groups is 2. The number of carbonyl (C=O) groups is 4.